The van der Waals surface area contributed by atoms with Crippen molar-refractivity contribution in [3.05, 3.63) is 21.9 Å². The molecule has 3 saturated heterocycles. The smallest absolute Gasteiger partial charge is 0.261 e. The Balaban J connectivity index is 1.63. The average molecular weight is 289 g/mol. The summed E-state index contributed by atoms with van der Waals surface area (Å²) in [6, 6.07) is 4.05. The molecule has 3 fully saturated rings. The quantitative estimate of drug-likeness (QED) is 0.795. The van der Waals surface area contributed by atoms with Crippen LogP contribution in [0.5, 0.6) is 0 Å². The number of hydrogen-bond acceptors (Lipinski definition) is 4. The molecule has 0 saturated carbocycles. The fraction of sp³-hybridized carbons (Fsp3) is 0.533. The van der Waals surface area contributed by atoms with Crippen LogP contribution in [-0.4, -0.2) is 43.0 Å². The van der Waals surface area contributed by atoms with Crippen LogP contribution in [0.4, 0.5) is 0 Å². The lowest BCUT2D eigenvalue weighted by Crippen LogP contribution is -2.57. The van der Waals surface area contributed by atoms with Crippen molar-refractivity contribution in [2.45, 2.75) is 18.9 Å². The van der Waals surface area contributed by atoms with Crippen LogP contribution < -0.4 is 11.1 Å². The van der Waals surface area contributed by atoms with Gasteiger partial charge in [-0.15, -0.1) is 11.3 Å². The van der Waals surface area contributed by atoms with Gasteiger partial charge >= 0.3 is 0 Å². The number of thiophene rings is 1. The third-order valence-electron chi connectivity index (χ3n) is 4.12. The zero-order chi connectivity index (χ0) is 13.9. The minimum atomic E-state index is 0.0366. The van der Waals surface area contributed by atoms with Crippen molar-refractivity contribution in [2.24, 2.45) is 11.7 Å². The number of piperidine rings is 3. The van der Waals surface area contributed by atoms with Gasteiger partial charge in [-0.1, -0.05) is 11.8 Å². The number of rotatable bonds is 2. The van der Waals surface area contributed by atoms with Gasteiger partial charge in [-0.25, -0.2) is 0 Å². The SMILES string of the molecule is NCC#Cc1ccc(C(=O)NC2CN3CCC2CC3)s1. The molecule has 4 nitrogen and oxygen atoms in total. The zero-order valence-corrected chi connectivity index (χ0v) is 12.2. The van der Waals surface area contributed by atoms with Crippen LogP contribution >= 0.6 is 11.3 Å². The Kier molecular flexibility index (Phi) is 4.06. The molecular formula is C15H19N3OS. The first-order valence-corrected chi connectivity index (χ1v) is 7.90. The maximum atomic E-state index is 12.3. The molecule has 1 unspecified atom stereocenters. The summed E-state index contributed by atoms with van der Waals surface area (Å²) in [5, 5.41) is 3.19. The summed E-state index contributed by atoms with van der Waals surface area (Å²) in [6.07, 6.45) is 2.42. The molecule has 3 N–H and O–H groups in total. The molecule has 1 atom stereocenters. The van der Waals surface area contributed by atoms with Crippen LogP contribution in [0, 0.1) is 17.8 Å². The fourth-order valence-electron chi connectivity index (χ4n) is 3.03. The highest BCUT2D eigenvalue weighted by atomic mass is 32.1. The molecule has 3 aliphatic rings. The van der Waals surface area contributed by atoms with Crippen molar-refractivity contribution in [1.29, 1.82) is 0 Å². The van der Waals surface area contributed by atoms with Crippen LogP contribution in [0.15, 0.2) is 12.1 Å². The number of fused-ring (bicyclic) bond motifs is 3. The Hall–Kier alpha value is -1.35. The van der Waals surface area contributed by atoms with E-state index in [1.807, 2.05) is 12.1 Å². The van der Waals surface area contributed by atoms with E-state index in [1.54, 1.807) is 0 Å². The van der Waals surface area contributed by atoms with E-state index in [4.69, 9.17) is 5.73 Å². The second kappa shape index (κ2) is 5.96. The van der Waals surface area contributed by atoms with Crippen LogP contribution in [0.25, 0.3) is 0 Å². The summed E-state index contributed by atoms with van der Waals surface area (Å²) in [5.41, 5.74) is 5.35. The largest absolute Gasteiger partial charge is 0.347 e. The van der Waals surface area contributed by atoms with E-state index in [2.05, 4.69) is 22.1 Å². The second-order valence-electron chi connectivity index (χ2n) is 5.39. The monoisotopic (exact) mass is 289 g/mol. The lowest BCUT2D eigenvalue weighted by atomic mass is 9.84. The summed E-state index contributed by atoms with van der Waals surface area (Å²) in [5.74, 6) is 6.47. The van der Waals surface area contributed by atoms with E-state index in [0.717, 1.165) is 16.3 Å². The van der Waals surface area contributed by atoms with Gasteiger partial charge in [0.2, 0.25) is 0 Å². The van der Waals surface area contributed by atoms with Gasteiger partial charge in [0.15, 0.2) is 0 Å². The van der Waals surface area contributed by atoms with E-state index in [1.165, 1.54) is 37.3 Å². The Bertz CT molecular complexity index is 549. The molecule has 3 aliphatic heterocycles. The lowest BCUT2D eigenvalue weighted by Gasteiger charge is -2.44. The standard InChI is InChI=1S/C15H19N3OS/c16-7-1-2-12-3-4-14(20-12)15(19)17-13-10-18-8-5-11(13)6-9-18/h3-4,11,13H,5-10,16H2,(H,17,19). The van der Waals surface area contributed by atoms with E-state index >= 15 is 0 Å². The van der Waals surface area contributed by atoms with E-state index in [-0.39, 0.29) is 5.91 Å². The molecule has 4 heterocycles. The van der Waals surface area contributed by atoms with Crippen LogP contribution in [0.1, 0.15) is 27.4 Å². The molecular weight excluding hydrogens is 270 g/mol. The van der Waals surface area contributed by atoms with E-state index in [9.17, 15) is 4.79 Å². The molecule has 1 aromatic heterocycles. The summed E-state index contributed by atoms with van der Waals surface area (Å²) in [4.78, 5) is 16.4. The van der Waals surface area contributed by atoms with Gasteiger partial charge in [0, 0.05) is 12.6 Å². The van der Waals surface area contributed by atoms with Crippen molar-refractivity contribution in [1.82, 2.24) is 10.2 Å². The second-order valence-corrected chi connectivity index (χ2v) is 6.47. The highest BCUT2D eigenvalue weighted by Crippen LogP contribution is 2.28. The molecule has 0 aromatic carbocycles. The van der Waals surface area contributed by atoms with Crippen molar-refractivity contribution >= 4 is 17.2 Å². The van der Waals surface area contributed by atoms with Gasteiger partial charge in [-0.2, -0.15) is 0 Å². The highest BCUT2D eigenvalue weighted by Gasteiger charge is 2.35. The fourth-order valence-corrected chi connectivity index (χ4v) is 3.82. The van der Waals surface area contributed by atoms with Gasteiger partial charge in [-0.05, 0) is 44.0 Å². The first kappa shape index (κ1) is 13.6. The Morgan fingerprint density at radius 3 is 2.90 bits per heavy atom. The number of hydrogen-bond donors (Lipinski definition) is 2. The maximum Gasteiger partial charge on any atom is 0.261 e. The molecule has 20 heavy (non-hydrogen) atoms. The van der Waals surface area contributed by atoms with E-state index < -0.39 is 0 Å². The topological polar surface area (TPSA) is 58.4 Å². The first-order valence-electron chi connectivity index (χ1n) is 7.08. The Morgan fingerprint density at radius 1 is 1.45 bits per heavy atom. The van der Waals surface area contributed by atoms with Crippen molar-refractivity contribution in [3.8, 4) is 11.8 Å². The third kappa shape index (κ3) is 2.88. The van der Waals surface area contributed by atoms with Crippen molar-refractivity contribution in [2.75, 3.05) is 26.2 Å². The molecule has 5 heteroatoms. The number of carbonyl (C=O) groups excluding carboxylic acids is 1. The summed E-state index contributed by atoms with van der Waals surface area (Å²) in [7, 11) is 0. The van der Waals surface area contributed by atoms with Crippen molar-refractivity contribution < 1.29 is 4.79 Å². The van der Waals surface area contributed by atoms with Crippen LogP contribution in [-0.2, 0) is 0 Å². The van der Waals surface area contributed by atoms with Gasteiger partial charge in [-0.3, -0.25) is 4.79 Å². The third-order valence-corrected chi connectivity index (χ3v) is 5.12. The van der Waals surface area contributed by atoms with Gasteiger partial charge in [0.25, 0.3) is 5.91 Å². The lowest BCUT2D eigenvalue weighted by molar-refractivity contribution is 0.0622. The first-order chi connectivity index (χ1) is 9.76. The van der Waals surface area contributed by atoms with Crippen LogP contribution in [0.2, 0.25) is 0 Å². The normalized spacial score (nSPS) is 27.8. The Labute approximate surface area is 123 Å². The molecule has 4 rings (SSSR count). The minimum Gasteiger partial charge on any atom is -0.347 e. The number of nitrogens with zero attached hydrogens (tertiary/aromatic N) is 1. The molecule has 0 radical (unpaired) electrons. The molecule has 2 bridgehead atoms. The summed E-state index contributed by atoms with van der Waals surface area (Å²) < 4.78 is 0. The predicted octanol–water partition coefficient (Wildman–Crippen LogP) is 0.882. The summed E-state index contributed by atoms with van der Waals surface area (Å²) >= 11 is 1.43. The molecule has 1 amide bonds. The number of carbonyl (C=O) groups is 1. The molecule has 0 spiro atoms. The van der Waals surface area contributed by atoms with E-state index in [0.29, 0.717) is 18.5 Å². The number of nitrogens with one attached hydrogen (secondary N) is 1. The molecule has 106 valence electrons. The minimum absolute atomic E-state index is 0.0366. The molecule has 0 aliphatic carbocycles. The van der Waals surface area contributed by atoms with Crippen LogP contribution in [0.3, 0.4) is 0 Å². The van der Waals surface area contributed by atoms with Gasteiger partial charge in [0.1, 0.15) is 0 Å². The zero-order valence-electron chi connectivity index (χ0n) is 11.4. The average Bonchev–Trinajstić information content (AvgIpc) is 2.95. The highest BCUT2D eigenvalue weighted by molar-refractivity contribution is 7.14. The number of amides is 1. The number of nitrogens with two attached hydrogens (primary N) is 1. The Morgan fingerprint density at radius 2 is 2.25 bits per heavy atom. The molecule has 1 aromatic rings. The van der Waals surface area contributed by atoms with Gasteiger partial charge in [0.05, 0.1) is 16.3 Å². The predicted molar refractivity (Wildman–Crippen MR) is 80.7 cm³/mol. The van der Waals surface area contributed by atoms with Gasteiger partial charge < -0.3 is 16.0 Å². The summed E-state index contributed by atoms with van der Waals surface area (Å²) in [6.45, 7) is 3.73. The van der Waals surface area contributed by atoms with Crippen molar-refractivity contribution in [3.63, 3.8) is 0 Å². The maximum absolute atomic E-state index is 12.3.